The predicted octanol–water partition coefficient (Wildman–Crippen LogP) is 3.59. The summed E-state index contributed by atoms with van der Waals surface area (Å²) in [5.41, 5.74) is 3.82. The van der Waals surface area contributed by atoms with Crippen molar-refractivity contribution in [1.29, 1.82) is 0 Å². The van der Waals surface area contributed by atoms with Gasteiger partial charge in [0.05, 0.1) is 5.39 Å². The van der Waals surface area contributed by atoms with Crippen molar-refractivity contribution >= 4 is 22.4 Å². The van der Waals surface area contributed by atoms with Crippen LogP contribution in [0.15, 0.2) is 34.2 Å². The number of aryl methyl sites for hydroxylation is 1. The highest BCUT2D eigenvalue weighted by Crippen LogP contribution is 2.31. The zero-order valence-corrected chi connectivity index (χ0v) is 16.5. The first kappa shape index (κ1) is 19.3. The Balaban J connectivity index is 1.94. The molecule has 1 heterocycles. The summed E-state index contributed by atoms with van der Waals surface area (Å²) >= 11 is 0. The van der Waals surface area contributed by atoms with Gasteiger partial charge in [-0.3, -0.25) is 9.59 Å². The van der Waals surface area contributed by atoms with Crippen LogP contribution in [0.1, 0.15) is 57.4 Å². The zero-order valence-electron chi connectivity index (χ0n) is 16.5. The molecule has 0 aliphatic heterocycles. The fourth-order valence-corrected chi connectivity index (χ4v) is 3.88. The molecule has 6 heteroatoms. The van der Waals surface area contributed by atoms with E-state index in [4.69, 9.17) is 0 Å². The van der Waals surface area contributed by atoms with E-state index in [1.807, 2.05) is 6.92 Å². The Labute approximate surface area is 159 Å². The number of carbonyl (C=O) groups is 1. The Hall–Kier alpha value is -2.50. The van der Waals surface area contributed by atoms with Gasteiger partial charge in [-0.05, 0) is 44.1 Å². The Morgan fingerprint density at radius 3 is 2.67 bits per heavy atom. The molecular weight excluding hydrogens is 340 g/mol. The molecule has 0 radical (unpaired) electrons. The van der Waals surface area contributed by atoms with Gasteiger partial charge in [0, 0.05) is 23.6 Å². The smallest absolute Gasteiger partial charge is 0.267 e. The van der Waals surface area contributed by atoms with Crippen molar-refractivity contribution in [3.8, 4) is 0 Å². The van der Waals surface area contributed by atoms with Crippen LogP contribution < -0.4 is 11.0 Å². The minimum Gasteiger partial charge on any atom is -0.267 e. The first-order valence-electron chi connectivity index (χ1n) is 9.79. The number of benzene rings is 1. The van der Waals surface area contributed by atoms with E-state index in [-0.39, 0.29) is 17.2 Å². The van der Waals surface area contributed by atoms with Crippen molar-refractivity contribution in [3.63, 3.8) is 0 Å². The van der Waals surface area contributed by atoms with Crippen molar-refractivity contribution in [2.75, 3.05) is 0 Å². The molecule has 1 saturated carbocycles. The molecule has 0 spiro atoms. The third-order valence-corrected chi connectivity index (χ3v) is 5.44. The molecule has 144 valence electrons. The standard InChI is InChI=1S/C21H28N4O2/c1-5-25-21(27)17-9-7-6-8-16(17)19(24-25)20(26)23-22-18-12-14(4)10-11-15(18)13(2)3/h6-9,13-15H,5,10-12H2,1-4H3,(H,23,26)/b22-18-/t14-,15+/m0/s1. The van der Waals surface area contributed by atoms with E-state index in [2.05, 4.69) is 36.4 Å². The second kappa shape index (κ2) is 8.03. The summed E-state index contributed by atoms with van der Waals surface area (Å²) in [5, 5.41) is 9.82. The van der Waals surface area contributed by atoms with E-state index in [0.717, 1.165) is 18.6 Å². The van der Waals surface area contributed by atoms with Gasteiger partial charge in [-0.1, -0.05) is 39.0 Å². The monoisotopic (exact) mass is 368 g/mol. The SMILES string of the molecule is CCn1nc(C(=O)N/N=C2/C[C@@H](C)CC[C@@H]2C(C)C)c2ccccc2c1=O. The van der Waals surface area contributed by atoms with Crippen LogP contribution in [0.3, 0.4) is 0 Å². The largest absolute Gasteiger partial charge is 0.292 e. The highest BCUT2D eigenvalue weighted by atomic mass is 16.2. The van der Waals surface area contributed by atoms with Crippen molar-refractivity contribution in [2.45, 2.75) is 53.5 Å². The summed E-state index contributed by atoms with van der Waals surface area (Å²) in [6.45, 7) is 8.86. The second-order valence-corrected chi connectivity index (χ2v) is 7.80. The molecule has 1 aromatic carbocycles. The number of aromatic nitrogens is 2. The molecule has 2 atom stereocenters. The van der Waals surface area contributed by atoms with Crippen LogP contribution in [-0.4, -0.2) is 21.4 Å². The first-order valence-corrected chi connectivity index (χ1v) is 9.79. The number of fused-ring (bicyclic) bond motifs is 1. The summed E-state index contributed by atoms with van der Waals surface area (Å²) in [5.74, 6) is 1.10. The molecule has 0 bridgehead atoms. The fraction of sp³-hybridized carbons (Fsp3) is 0.524. The van der Waals surface area contributed by atoms with Gasteiger partial charge < -0.3 is 0 Å². The van der Waals surface area contributed by atoms with Gasteiger partial charge in [0.1, 0.15) is 0 Å². The van der Waals surface area contributed by atoms with Gasteiger partial charge in [0.15, 0.2) is 5.69 Å². The van der Waals surface area contributed by atoms with E-state index < -0.39 is 0 Å². The van der Waals surface area contributed by atoms with Crippen LogP contribution in [-0.2, 0) is 6.54 Å². The Morgan fingerprint density at radius 1 is 1.30 bits per heavy atom. The third kappa shape index (κ3) is 3.94. The Kier molecular flexibility index (Phi) is 5.73. The van der Waals surface area contributed by atoms with Crippen molar-refractivity contribution < 1.29 is 4.79 Å². The average molecular weight is 368 g/mol. The van der Waals surface area contributed by atoms with Gasteiger partial charge >= 0.3 is 0 Å². The van der Waals surface area contributed by atoms with E-state index in [0.29, 0.717) is 35.1 Å². The number of rotatable bonds is 4. The zero-order chi connectivity index (χ0) is 19.6. The summed E-state index contributed by atoms with van der Waals surface area (Å²) in [7, 11) is 0. The molecule has 3 rings (SSSR count). The summed E-state index contributed by atoms with van der Waals surface area (Å²) in [4.78, 5) is 25.3. The number of carbonyl (C=O) groups excluding carboxylic acids is 1. The van der Waals surface area contributed by atoms with Crippen LogP contribution in [0, 0.1) is 17.8 Å². The number of nitrogens with one attached hydrogen (secondary N) is 1. The molecule has 0 saturated heterocycles. The average Bonchev–Trinajstić information content (AvgIpc) is 2.66. The molecule has 2 aromatic rings. The number of hydrogen-bond acceptors (Lipinski definition) is 4. The van der Waals surface area contributed by atoms with Crippen LogP contribution in [0.5, 0.6) is 0 Å². The normalized spacial score (nSPS) is 21.7. The number of hydrazone groups is 1. The van der Waals surface area contributed by atoms with Gasteiger partial charge in [0.25, 0.3) is 11.5 Å². The number of nitrogens with zero attached hydrogens (tertiary/aromatic N) is 3. The van der Waals surface area contributed by atoms with Gasteiger partial charge in [0.2, 0.25) is 0 Å². The maximum atomic E-state index is 12.8. The summed E-state index contributed by atoms with van der Waals surface area (Å²) < 4.78 is 1.32. The Morgan fingerprint density at radius 2 is 2.00 bits per heavy atom. The molecular formula is C21H28N4O2. The van der Waals surface area contributed by atoms with Gasteiger partial charge in [-0.25, -0.2) is 10.1 Å². The van der Waals surface area contributed by atoms with Crippen LogP contribution >= 0.6 is 0 Å². The van der Waals surface area contributed by atoms with Crippen LogP contribution in [0.2, 0.25) is 0 Å². The van der Waals surface area contributed by atoms with Gasteiger partial charge in [-0.2, -0.15) is 10.2 Å². The molecule has 6 nitrogen and oxygen atoms in total. The van der Waals surface area contributed by atoms with E-state index in [1.165, 1.54) is 11.1 Å². The molecule has 1 aliphatic carbocycles. The molecule has 0 unspecified atom stereocenters. The minimum atomic E-state index is -0.373. The minimum absolute atomic E-state index is 0.183. The molecule has 1 aromatic heterocycles. The molecule has 1 fully saturated rings. The molecule has 1 aliphatic rings. The molecule has 27 heavy (non-hydrogen) atoms. The lowest BCUT2D eigenvalue weighted by Crippen LogP contribution is -2.32. The molecule has 1 N–H and O–H groups in total. The van der Waals surface area contributed by atoms with E-state index in [9.17, 15) is 9.59 Å². The highest BCUT2D eigenvalue weighted by molar-refractivity contribution is 6.05. The van der Waals surface area contributed by atoms with Crippen LogP contribution in [0.4, 0.5) is 0 Å². The lowest BCUT2D eigenvalue weighted by atomic mass is 9.76. The maximum absolute atomic E-state index is 12.8. The topological polar surface area (TPSA) is 76.3 Å². The summed E-state index contributed by atoms with van der Waals surface area (Å²) in [6.07, 6.45) is 3.21. The van der Waals surface area contributed by atoms with Crippen molar-refractivity contribution in [3.05, 3.63) is 40.3 Å². The number of hydrogen-bond donors (Lipinski definition) is 1. The third-order valence-electron chi connectivity index (χ3n) is 5.44. The predicted molar refractivity (Wildman–Crippen MR) is 108 cm³/mol. The molecule has 1 amide bonds. The van der Waals surface area contributed by atoms with Crippen LogP contribution in [0.25, 0.3) is 10.8 Å². The highest BCUT2D eigenvalue weighted by Gasteiger charge is 2.27. The maximum Gasteiger partial charge on any atom is 0.292 e. The van der Waals surface area contributed by atoms with Crippen molar-refractivity contribution in [1.82, 2.24) is 15.2 Å². The Bertz CT molecular complexity index is 929. The lowest BCUT2D eigenvalue weighted by molar-refractivity contribution is 0.0948. The quantitative estimate of drug-likeness (QED) is 0.838. The van der Waals surface area contributed by atoms with Gasteiger partial charge in [-0.15, -0.1) is 0 Å². The second-order valence-electron chi connectivity index (χ2n) is 7.80. The summed E-state index contributed by atoms with van der Waals surface area (Å²) in [6, 6.07) is 7.08. The van der Waals surface area contributed by atoms with E-state index in [1.54, 1.807) is 24.3 Å². The number of amides is 1. The lowest BCUT2D eigenvalue weighted by Gasteiger charge is -2.30. The van der Waals surface area contributed by atoms with E-state index >= 15 is 0 Å². The van der Waals surface area contributed by atoms with Crippen molar-refractivity contribution in [2.24, 2.45) is 22.9 Å². The first-order chi connectivity index (χ1) is 12.9. The fourth-order valence-electron chi connectivity index (χ4n) is 3.88.